The van der Waals surface area contributed by atoms with Gasteiger partial charge in [-0.05, 0) is 24.1 Å². The Morgan fingerprint density at radius 3 is 2.47 bits per heavy atom. The molecular weight excluding hydrogens is 254 g/mol. The van der Waals surface area contributed by atoms with Crippen LogP contribution in [-0.4, -0.2) is 20.4 Å². The summed E-state index contributed by atoms with van der Waals surface area (Å²) in [6.45, 7) is 0. The highest BCUT2D eigenvalue weighted by molar-refractivity contribution is 8.08. The van der Waals surface area contributed by atoms with Gasteiger partial charge in [0.15, 0.2) is 9.84 Å². The van der Waals surface area contributed by atoms with E-state index < -0.39 is 9.84 Å². The first-order valence-corrected chi connectivity index (χ1v) is 7.96. The average Bonchev–Trinajstić information content (AvgIpc) is 2.76. The molecule has 1 aromatic rings. The van der Waals surface area contributed by atoms with Gasteiger partial charge in [0.2, 0.25) is 0 Å². The van der Waals surface area contributed by atoms with Crippen LogP contribution in [0.4, 0.5) is 0 Å². The van der Waals surface area contributed by atoms with Crippen molar-refractivity contribution in [1.29, 1.82) is 5.26 Å². The number of rotatable bonds is 2. The predicted molar refractivity (Wildman–Crippen MR) is 69.2 cm³/mol. The molecule has 17 heavy (non-hydrogen) atoms. The Morgan fingerprint density at radius 1 is 1.29 bits per heavy atom. The molecule has 2 rings (SSSR count). The van der Waals surface area contributed by atoms with E-state index in [0.717, 1.165) is 28.2 Å². The molecule has 3 nitrogen and oxygen atoms in total. The molecule has 1 aliphatic heterocycles. The highest BCUT2D eigenvalue weighted by atomic mass is 32.2. The minimum absolute atomic E-state index is 0.309. The maximum absolute atomic E-state index is 11.3. The van der Waals surface area contributed by atoms with Gasteiger partial charge in [0.05, 0.1) is 11.0 Å². The van der Waals surface area contributed by atoms with Crippen LogP contribution in [0, 0.1) is 11.3 Å². The maximum Gasteiger partial charge on any atom is 0.175 e. The van der Waals surface area contributed by atoms with E-state index in [9.17, 15) is 8.42 Å². The zero-order valence-corrected chi connectivity index (χ0v) is 10.9. The van der Waals surface area contributed by atoms with Crippen LogP contribution in [0.3, 0.4) is 0 Å². The first-order valence-electron chi connectivity index (χ1n) is 5.09. The van der Waals surface area contributed by atoms with E-state index in [1.54, 1.807) is 36.0 Å². The molecule has 0 spiro atoms. The molecule has 88 valence electrons. The largest absolute Gasteiger partial charge is 0.224 e. The van der Waals surface area contributed by atoms with Gasteiger partial charge in [-0.25, -0.2) is 8.42 Å². The van der Waals surface area contributed by atoms with Crippen molar-refractivity contribution in [2.24, 2.45) is 0 Å². The molecule has 0 unspecified atom stereocenters. The molecule has 0 saturated carbocycles. The first kappa shape index (κ1) is 12.2. The van der Waals surface area contributed by atoms with Crippen molar-refractivity contribution in [1.82, 2.24) is 0 Å². The summed E-state index contributed by atoms with van der Waals surface area (Å²) in [5.74, 6) is 0.923. The Hall–Kier alpha value is -1.25. The summed E-state index contributed by atoms with van der Waals surface area (Å²) in [5.41, 5.74) is 1.72. The average molecular weight is 265 g/mol. The molecule has 0 amide bonds. The van der Waals surface area contributed by atoms with Crippen molar-refractivity contribution in [2.75, 3.05) is 12.0 Å². The van der Waals surface area contributed by atoms with Crippen molar-refractivity contribution in [3.05, 3.63) is 35.4 Å². The quantitative estimate of drug-likeness (QED) is 0.824. The van der Waals surface area contributed by atoms with Gasteiger partial charge in [-0.2, -0.15) is 5.26 Å². The van der Waals surface area contributed by atoms with Crippen LogP contribution in [0.5, 0.6) is 0 Å². The summed E-state index contributed by atoms with van der Waals surface area (Å²) in [6.07, 6.45) is 1.98. The highest BCUT2D eigenvalue weighted by Crippen LogP contribution is 2.38. The van der Waals surface area contributed by atoms with Gasteiger partial charge in [-0.1, -0.05) is 12.1 Å². The fourth-order valence-electron chi connectivity index (χ4n) is 1.67. The highest BCUT2D eigenvalue weighted by Gasteiger charge is 2.17. The molecule has 0 aromatic heterocycles. The van der Waals surface area contributed by atoms with Crippen LogP contribution in [0.25, 0.3) is 4.91 Å². The molecule has 0 radical (unpaired) electrons. The number of sulfone groups is 1. The molecule has 0 atom stereocenters. The number of nitriles is 1. The number of nitrogens with zero attached hydrogens (tertiary/aromatic N) is 1. The van der Waals surface area contributed by atoms with Gasteiger partial charge in [0.1, 0.15) is 0 Å². The molecule has 0 saturated heterocycles. The summed E-state index contributed by atoms with van der Waals surface area (Å²) in [6, 6.07) is 8.91. The van der Waals surface area contributed by atoms with E-state index >= 15 is 0 Å². The minimum atomic E-state index is -3.15. The second-order valence-corrected chi connectivity index (χ2v) is 6.94. The summed E-state index contributed by atoms with van der Waals surface area (Å²) in [7, 11) is -3.15. The second kappa shape index (κ2) is 4.55. The standard InChI is InChI=1S/C12H11NO2S2/c1-17(14,15)11-4-2-9(3-5-11)12-10(8-13)6-7-16-12/h2-5H,6-7H2,1H3. The molecule has 0 aliphatic carbocycles. The molecule has 1 aliphatic rings. The van der Waals surface area contributed by atoms with E-state index in [1.807, 2.05) is 0 Å². The van der Waals surface area contributed by atoms with Crippen molar-refractivity contribution in [3.8, 4) is 6.07 Å². The van der Waals surface area contributed by atoms with Crippen LogP contribution in [0.1, 0.15) is 12.0 Å². The lowest BCUT2D eigenvalue weighted by atomic mass is 10.1. The smallest absolute Gasteiger partial charge is 0.175 e. The molecule has 0 N–H and O–H groups in total. The van der Waals surface area contributed by atoms with Crippen LogP contribution in [0.15, 0.2) is 34.7 Å². The minimum Gasteiger partial charge on any atom is -0.224 e. The molecular formula is C12H11NO2S2. The van der Waals surface area contributed by atoms with Crippen LogP contribution >= 0.6 is 11.8 Å². The Bertz CT molecular complexity index is 607. The van der Waals surface area contributed by atoms with Crippen LogP contribution in [-0.2, 0) is 9.84 Å². The van der Waals surface area contributed by atoms with Crippen molar-refractivity contribution in [2.45, 2.75) is 11.3 Å². The SMILES string of the molecule is CS(=O)(=O)c1ccc(C2=C(C#N)CCS2)cc1. The number of hydrogen-bond acceptors (Lipinski definition) is 4. The van der Waals surface area contributed by atoms with E-state index in [0.29, 0.717) is 4.90 Å². The van der Waals surface area contributed by atoms with E-state index in [1.165, 1.54) is 6.26 Å². The zero-order valence-electron chi connectivity index (χ0n) is 9.30. The summed E-state index contributed by atoms with van der Waals surface area (Å²) in [4.78, 5) is 1.29. The Kier molecular flexibility index (Phi) is 3.27. The fourth-order valence-corrected chi connectivity index (χ4v) is 3.44. The number of thioether (sulfide) groups is 1. The maximum atomic E-state index is 11.3. The summed E-state index contributed by atoms with van der Waals surface area (Å²) < 4.78 is 22.6. The van der Waals surface area contributed by atoms with Gasteiger partial charge in [0.25, 0.3) is 0 Å². The van der Waals surface area contributed by atoms with E-state index in [4.69, 9.17) is 5.26 Å². The third-order valence-corrected chi connectivity index (χ3v) is 4.86. The van der Waals surface area contributed by atoms with Gasteiger partial charge in [-0.15, -0.1) is 11.8 Å². The Balaban J connectivity index is 2.41. The second-order valence-electron chi connectivity index (χ2n) is 3.81. The van der Waals surface area contributed by atoms with E-state index in [2.05, 4.69) is 6.07 Å². The third kappa shape index (κ3) is 2.54. The number of hydrogen-bond donors (Lipinski definition) is 0. The molecule has 5 heteroatoms. The summed E-state index contributed by atoms with van der Waals surface area (Å²) >= 11 is 1.65. The fraction of sp³-hybridized carbons (Fsp3) is 0.250. The van der Waals surface area contributed by atoms with Gasteiger partial charge >= 0.3 is 0 Å². The third-order valence-electron chi connectivity index (χ3n) is 2.55. The van der Waals surface area contributed by atoms with Gasteiger partial charge in [-0.3, -0.25) is 0 Å². The van der Waals surface area contributed by atoms with Crippen molar-refractivity contribution in [3.63, 3.8) is 0 Å². The van der Waals surface area contributed by atoms with E-state index in [-0.39, 0.29) is 0 Å². The number of allylic oxidation sites excluding steroid dienone is 1. The first-order chi connectivity index (χ1) is 8.02. The lowest BCUT2D eigenvalue weighted by Crippen LogP contribution is -1.96. The van der Waals surface area contributed by atoms with Crippen molar-refractivity contribution >= 4 is 26.5 Å². The topological polar surface area (TPSA) is 57.9 Å². The molecule has 1 heterocycles. The molecule has 0 bridgehead atoms. The van der Waals surface area contributed by atoms with Crippen LogP contribution < -0.4 is 0 Å². The zero-order chi connectivity index (χ0) is 12.5. The lowest BCUT2D eigenvalue weighted by molar-refractivity contribution is 0.602. The molecule has 1 aromatic carbocycles. The number of benzene rings is 1. The van der Waals surface area contributed by atoms with Gasteiger partial charge in [0, 0.05) is 22.5 Å². The predicted octanol–water partition coefficient (Wildman–Crippen LogP) is 2.46. The lowest BCUT2D eigenvalue weighted by Gasteiger charge is -2.04. The normalized spacial score (nSPS) is 16.0. The Morgan fingerprint density at radius 2 is 1.94 bits per heavy atom. The summed E-state index contributed by atoms with van der Waals surface area (Å²) in [5, 5.41) is 8.96. The van der Waals surface area contributed by atoms with Crippen molar-refractivity contribution < 1.29 is 8.42 Å². The monoisotopic (exact) mass is 265 g/mol. The molecule has 0 fully saturated rings. The van der Waals surface area contributed by atoms with Crippen LogP contribution in [0.2, 0.25) is 0 Å². The Labute approximate surface area is 105 Å². The van der Waals surface area contributed by atoms with Gasteiger partial charge < -0.3 is 0 Å².